The van der Waals surface area contributed by atoms with Crippen LogP contribution < -0.4 is 9.47 Å². The number of carbonyl (C=O) groups excluding carboxylic acids is 1. The quantitative estimate of drug-likeness (QED) is 0.489. The number of halogens is 1. The summed E-state index contributed by atoms with van der Waals surface area (Å²) in [6, 6.07) is 12.4. The molecular formula is C20H21ClN4O4. The third-order valence-electron chi connectivity index (χ3n) is 3.86. The maximum absolute atomic E-state index is 12.6. The fourth-order valence-corrected chi connectivity index (χ4v) is 2.84. The number of aromatic nitrogens is 4. The predicted molar refractivity (Wildman–Crippen MR) is 107 cm³/mol. The molecule has 9 heteroatoms. The molecule has 0 N–H and O–H groups in total. The third kappa shape index (κ3) is 5.03. The fourth-order valence-electron chi connectivity index (χ4n) is 2.57. The summed E-state index contributed by atoms with van der Waals surface area (Å²) in [6.45, 7) is 4.63. The lowest BCUT2D eigenvalue weighted by Crippen LogP contribution is -2.11. The lowest BCUT2D eigenvalue weighted by molar-refractivity contribution is 0.0459. The lowest BCUT2D eigenvalue weighted by atomic mass is 10.2. The van der Waals surface area contributed by atoms with Crippen LogP contribution in [-0.2, 0) is 11.3 Å². The van der Waals surface area contributed by atoms with Crippen LogP contribution in [-0.4, -0.2) is 39.4 Å². The van der Waals surface area contributed by atoms with E-state index in [0.717, 1.165) is 12.1 Å². The summed E-state index contributed by atoms with van der Waals surface area (Å²) >= 11 is 6.31. The van der Waals surface area contributed by atoms with Crippen molar-refractivity contribution >= 4 is 17.6 Å². The van der Waals surface area contributed by atoms with E-state index in [1.165, 1.54) is 10.7 Å². The van der Waals surface area contributed by atoms with Gasteiger partial charge in [0.2, 0.25) is 0 Å². The Kier molecular flexibility index (Phi) is 7.02. The molecule has 0 amide bonds. The van der Waals surface area contributed by atoms with Gasteiger partial charge in [0, 0.05) is 0 Å². The van der Waals surface area contributed by atoms with Crippen LogP contribution in [0.5, 0.6) is 11.5 Å². The van der Waals surface area contributed by atoms with Gasteiger partial charge in [-0.15, -0.1) is 5.10 Å². The second-order valence-corrected chi connectivity index (χ2v) is 6.39. The van der Waals surface area contributed by atoms with Gasteiger partial charge in [-0.25, -0.2) is 4.79 Å². The molecule has 8 nitrogen and oxygen atoms in total. The van der Waals surface area contributed by atoms with Gasteiger partial charge in [0.1, 0.15) is 0 Å². The van der Waals surface area contributed by atoms with E-state index in [-0.39, 0.29) is 17.2 Å². The first kappa shape index (κ1) is 20.6. The summed E-state index contributed by atoms with van der Waals surface area (Å²) in [6.07, 6.45) is 0.821. The van der Waals surface area contributed by atoms with Gasteiger partial charge in [0.05, 0.1) is 29.5 Å². The van der Waals surface area contributed by atoms with Crippen molar-refractivity contribution in [3.63, 3.8) is 0 Å². The van der Waals surface area contributed by atoms with Crippen LogP contribution >= 0.6 is 11.6 Å². The van der Waals surface area contributed by atoms with E-state index in [1.54, 1.807) is 6.07 Å². The minimum atomic E-state index is -0.572. The Morgan fingerprint density at radius 2 is 1.93 bits per heavy atom. The van der Waals surface area contributed by atoms with Gasteiger partial charge in [0.25, 0.3) is 0 Å². The van der Waals surface area contributed by atoms with Crippen LogP contribution in [0.3, 0.4) is 0 Å². The first-order chi connectivity index (χ1) is 14.1. The number of esters is 1. The molecule has 3 rings (SSSR count). The molecule has 29 heavy (non-hydrogen) atoms. The second kappa shape index (κ2) is 9.88. The highest BCUT2D eigenvalue weighted by molar-refractivity contribution is 6.32. The summed E-state index contributed by atoms with van der Waals surface area (Å²) in [5.74, 6) is 0.635. The highest BCUT2D eigenvalue weighted by Gasteiger charge is 2.18. The summed E-state index contributed by atoms with van der Waals surface area (Å²) in [5, 5.41) is 11.8. The number of hydrogen-bond donors (Lipinski definition) is 0. The topological polar surface area (TPSA) is 88.4 Å². The SMILES string of the molecule is CCCOc1c(Cl)cc(C(=O)OCc2nnnn2-c2ccccc2)cc1OCC. The lowest BCUT2D eigenvalue weighted by Gasteiger charge is -2.14. The predicted octanol–water partition coefficient (Wildman–Crippen LogP) is 3.86. The molecular weight excluding hydrogens is 396 g/mol. The molecule has 0 saturated heterocycles. The molecule has 0 saturated carbocycles. The van der Waals surface area contributed by atoms with Gasteiger partial charge in [-0.3, -0.25) is 0 Å². The summed E-state index contributed by atoms with van der Waals surface area (Å²) < 4.78 is 18.1. The Hall–Kier alpha value is -3.13. The Bertz CT molecular complexity index is 962. The molecule has 0 spiro atoms. The highest BCUT2D eigenvalue weighted by atomic mass is 35.5. The first-order valence-corrected chi connectivity index (χ1v) is 9.60. The van der Waals surface area contributed by atoms with E-state index < -0.39 is 5.97 Å². The van der Waals surface area contributed by atoms with Gasteiger partial charge >= 0.3 is 5.97 Å². The highest BCUT2D eigenvalue weighted by Crippen LogP contribution is 2.37. The van der Waals surface area contributed by atoms with Crippen LogP contribution in [0.2, 0.25) is 5.02 Å². The zero-order valence-corrected chi connectivity index (χ0v) is 16.9. The van der Waals surface area contributed by atoms with Crippen molar-refractivity contribution < 1.29 is 19.0 Å². The first-order valence-electron chi connectivity index (χ1n) is 9.23. The molecule has 0 unspecified atom stereocenters. The van der Waals surface area contributed by atoms with Crippen LogP contribution in [0.1, 0.15) is 36.5 Å². The molecule has 152 valence electrons. The smallest absolute Gasteiger partial charge is 0.338 e. The van der Waals surface area contributed by atoms with E-state index in [4.69, 9.17) is 25.8 Å². The number of tetrazole rings is 1. The largest absolute Gasteiger partial charge is 0.490 e. The second-order valence-electron chi connectivity index (χ2n) is 5.99. The molecule has 0 radical (unpaired) electrons. The van der Waals surface area contributed by atoms with E-state index in [9.17, 15) is 4.79 Å². The third-order valence-corrected chi connectivity index (χ3v) is 4.14. The van der Waals surface area contributed by atoms with Gasteiger partial charge in [-0.05, 0) is 48.0 Å². The molecule has 3 aromatic rings. The number of carbonyl (C=O) groups is 1. The molecule has 0 aliphatic heterocycles. The van der Waals surface area contributed by atoms with E-state index in [0.29, 0.717) is 30.5 Å². The van der Waals surface area contributed by atoms with Gasteiger partial charge in [-0.1, -0.05) is 36.7 Å². The number of ether oxygens (including phenoxy) is 3. The molecule has 0 fully saturated rings. The Morgan fingerprint density at radius 3 is 2.66 bits per heavy atom. The van der Waals surface area contributed by atoms with Crippen molar-refractivity contribution in [2.45, 2.75) is 26.9 Å². The average Bonchev–Trinajstić information content (AvgIpc) is 3.21. The normalized spacial score (nSPS) is 10.6. The van der Waals surface area contributed by atoms with E-state index in [2.05, 4.69) is 15.5 Å². The molecule has 0 aliphatic rings. The number of nitrogens with zero attached hydrogens (tertiary/aromatic N) is 4. The number of hydrogen-bond acceptors (Lipinski definition) is 7. The standard InChI is InChI=1S/C20H21ClN4O4/c1-3-10-28-19-16(21)11-14(12-17(19)27-4-2)20(26)29-13-18-22-23-24-25(18)15-8-6-5-7-9-15/h5-9,11-12H,3-4,10,13H2,1-2H3. The Balaban J connectivity index is 1.75. The van der Waals surface area contributed by atoms with Crippen LogP contribution in [0.15, 0.2) is 42.5 Å². The number of rotatable bonds is 9. The maximum atomic E-state index is 12.6. The van der Waals surface area contributed by atoms with Crippen molar-refractivity contribution in [1.82, 2.24) is 20.2 Å². The van der Waals surface area contributed by atoms with Gasteiger partial charge < -0.3 is 14.2 Å². The summed E-state index contributed by atoms with van der Waals surface area (Å²) in [5.41, 5.74) is 1.02. The van der Waals surface area contributed by atoms with Crippen LogP contribution in [0, 0.1) is 0 Å². The molecule has 0 bridgehead atoms. The number of para-hydroxylation sites is 1. The van der Waals surface area contributed by atoms with E-state index >= 15 is 0 Å². The van der Waals surface area contributed by atoms with Crippen molar-refractivity contribution in [1.29, 1.82) is 0 Å². The van der Waals surface area contributed by atoms with Gasteiger partial charge in [-0.2, -0.15) is 4.68 Å². The minimum absolute atomic E-state index is 0.101. The molecule has 1 aromatic heterocycles. The van der Waals surface area contributed by atoms with Crippen LogP contribution in [0.25, 0.3) is 5.69 Å². The Labute approximate surface area is 173 Å². The van der Waals surface area contributed by atoms with Crippen LogP contribution in [0.4, 0.5) is 0 Å². The average molecular weight is 417 g/mol. The zero-order chi connectivity index (χ0) is 20.6. The molecule has 0 aliphatic carbocycles. The monoisotopic (exact) mass is 416 g/mol. The fraction of sp³-hybridized carbons (Fsp3) is 0.300. The molecule has 1 heterocycles. The van der Waals surface area contributed by atoms with Crippen molar-refractivity contribution in [3.05, 3.63) is 58.9 Å². The molecule has 0 atom stereocenters. The zero-order valence-electron chi connectivity index (χ0n) is 16.2. The maximum Gasteiger partial charge on any atom is 0.338 e. The summed E-state index contributed by atoms with van der Waals surface area (Å²) in [7, 11) is 0. The van der Waals surface area contributed by atoms with Crippen molar-refractivity contribution in [2.24, 2.45) is 0 Å². The number of benzene rings is 2. The van der Waals surface area contributed by atoms with Crippen molar-refractivity contribution in [3.8, 4) is 17.2 Å². The van der Waals surface area contributed by atoms with Gasteiger partial charge in [0.15, 0.2) is 23.9 Å². The minimum Gasteiger partial charge on any atom is -0.490 e. The van der Waals surface area contributed by atoms with Crippen molar-refractivity contribution in [2.75, 3.05) is 13.2 Å². The Morgan fingerprint density at radius 1 is 1.14 bits per heavy atom. The summed E-state index contributed by atoms with van der Waals surface area (Å²) in [4.78, 5) is 12.6. The molecule has 2 aromatic carbocycles. The van der Waals surface area contributed by atoms with E-state index in [1.807, 2.05) is 44.2 Å².